The Morgan fingerprint density at radius 2 is 2.06 bits per heavy atom. The lowest BCUT2D eigenvalue weighted by Gasteiger charge is -2.28. The van der Waals surface area contributed by atoms with E-state index >= 15 is 0 Å². The molecule has 0 saturated carbocycles. The molecule has 0 amide bonds. The van der Waals surface area contributed by atoms with Gasteiger partial charge in [-0.1, -0.05) is 18.2 Å². The molecule has 1 aromatic carbocycles. The number of aromatic amines is 1. The maximum Gasteiger partial charge on any atom is 0.0456 e. The summed E-state index contributed by atoms with van der Waals surface area (Å²) in [7, 11) is 1.52. The third kappa shape index (κ3) is 1.63. The van der Waals surface area contributed by atoms with Crippen molar-refractivity contribution in [2.45, 2.75) is 18.8 Å². The molecule has 16 heavy (non-hydrogen) atoms. The van der Waals surface area contributed by atoms with E-state index < -0.39 is 13.0 Å². The molecule has 0 spiro atoms. The Kier molecular flexibility index (Phi) is 1.59. The van der Waals surface area contributed by atoms with Gasteiger partial charge < -0.3 is 9.88 Å². The largest absolute Gasteiger partial charge is 0.361 e. The second kappa shape index (κ2) is 3.95. The quantitative estimate of drug-likeness (QED) is 0.779. The Balaban J connectivity index is 2.02. The van der Waals surface area contributed by atoms with Gasteiger partial charge in [-0.15, -0.1) is 0 Å². The predicted molar refractivity (Wildman–Crippen MR) is 67.8 cm³/mol. The molecule has 1 saturated heterocycles. The van der Waals surface area contributed by atoms with Gasteiger partial charge in [-0.05, 0) is 50.4 Å². The van der Waals surface area contributed by atoms with Crippen LogP contribution in [0.1, 0.15) is 29.8 Å². The zero-order valence-corrected chi connectivity index (χ0v) is 9.33. The molecule has 1 aliphatic rings. The number of nitrogens with zero attached hydrogens (tertiary/aromatic N) is 1. The van der Waals surface area contributed by atoms with Crippen LogP contribution in [-0.2, 0) is 0 Å². The van der Waals surface area contributed by atoms with Crippen molar-refractivity contribution < 1.29 is 5.48 Å². The topological polar surface area (TPSA) is 19.0 Å². The van der Waals surface area contributed by atoms with E-state index in [1.54, 1.807) is 0 Å². The zero-order valence-electron chi connectivity index (χ0n) is 13.3. The molecule has 2 aromatic rings. The van der Waals surface area contributed by atoms with Crippen LogP contribution < -0.4 is 0 Å². The Bertz CT molecular complexity index is 617. The van der Waals surface area contributed by atoms with Crippen LogP contribution in [0.3, 0.4) is 0 Å². The normalized spacial score (nSPS) is 29.3. The van der Waals surface area contributed by atoms with Gasteiger partial charge in [-0.25, -0.2) is 0 Å². The molecular formula is C14H18N2. The molecule has 1 fully saturated rings. The molecule has 0 atom stereocenters. The van der Waals surface area contributed by atoms with Gasteiger partial charge in [0.15, 0.2) is 0 Å². The summed E-state index contributed by atoms with van der Waals surface area (Å²) in [5, 5.41) is 1.06. The van der Waals surface area contributed by atoms with Gasteiger partial charge in [0.1, 0.15) is 0 Å². The van der Waals surface area contributed by atoms with Crippen LogP contribution in [0.15, 0.2) is 30.5 Å². The van der Waals surface area contributed by atoms with E-state index in [1.165, 1.54) is 11.9 Å². The summed E-state index contributed by atoms with van der Waals surface area (Å²) in [5.41, 5.74) is 2.03. The van der Waals surface area contributed by atoms with Crippen molar-refractivity contribution >= 4 is 10.9 Å². The van der Waals surface area contributed by atoms with E-state index in [2.05, 4.69) is 4.98 Å². The van der Waals surface area contributed by atoms with Crippen molar-refractivity contribution in [3.8, 4) is 0 Å². The van der Waals surface area contributed by atoms with E-state index in [-0.39, 0.29) is 5.92 Å². The second-order valence-electron chi connectivity index (χ2n) is 4.27. The summed E-state index contributed by atoms with van der Waals surface area (Å²) in [6.07, 6.45) is 2.52. The molecule has 1 aromatic heterocycles. The van der Waals surface area contributed by atoms with Crippen LogP contribution in [0.25, 0.3) is 10.9 Å². The SMILES string of the molecule is [2H]C1([2H])CC(c2c[nH]c3ccccc23)CC([2H])([2H])N1C. The Morgan fingerprint density at radius 1 is 1.31 bits per heavy atom. The molecule has 0 unspecified atom stereocenters. The molecule has 1 aliphatic heterocycles. The van der Waals surface area contributed by atoms with Crippen molar-refractivity contribution in [1.82, 2.24) is 9.88 Å². The van der Waals surface area contributed by atoms with Gasteiger partial charge in [0.05, 0.1) is 0 Å². The van der Waals surface area contributed by atoms with Crippen molar-refractivity contribution in [1.29, 1.82) is 0 Å². The van der Waals surface area contributed by atoms with E-state index in [0.717, 1.165) is 16.5 Å². The molecule has 0 aliphatic carbocycles. The number of likely N-dealkylation sites (tertiary alicyclic amines) is 1. The molecule has 1 N–H and O–H groups in total. The van der Waals surface area contributed by atoms with Gasteiger partial charge in [0, 0.05) is 22.6 Å². The van der Waals surface area contributed by atoms with E-state index in [0.29, 0.717) is 12.8 Å². The summed E-state index contributed by atoms with van der Waals surface area (Å²) in [4.78, 5) is 4.41. The first kappa shape index (κ1) is 6.45. The average Bonchev–Trinajstić information content (AvgIpc) is 2.79. The summed E-state index contributed by atoms with van der Waals surface area (Å²) in [6, 6.07) is 7.90. The minimum atomic E-state index is -1.63. The Morgan fingerprint density at radius 3 is 2.88 bits per heavy atom. The first-order chi connectivity index (χ1) is 9.31. The number of piperidine rings is 1. The number of fused-ring (bicyclic) bond motifs is 1. The molecular weight excluding hydrogens is 196 g/mol. The highest BCUT2D eigenvalue weighted by molar-refractivity contribution is 5.83. The minimum Gasteiger partial charge on any atom is -0.361 e. The van der Waals surface area contributed by atoms with Gasteiger partial charge in [0.2, 0.25) is 0 Å². The van der Waals surface area contributed by atoms with E-state index in [1.807, 2.05) is 30.5 Å². The Hall–Kier alpha value is -1.28. The lowest BCUT2D eigenvalue weighted by molar-refractivity contribution is 0.256. The van der Waals surface area contributed by atoms with E-state index in [4.69, 9.17) is 5.48 Å². The molecule has 2 heteroatoms. The lowest BCUT2D eigenvalue weighted by Crippen LogP contribution is -2.29. The second-order valence-corrected chi connectivity index (χ2v) is 4.27. The fourth-order valence-corrected chi connectivity index (χ4v) is 2.27. The van der Waals surface area contributed by atoms with Gasteiger partial charge in [-0.3, -0.25) is 0 Å². The van der Waals surface area contributed by atoms with Crippen LogP contribution in [-0.4, -0.2) is 29.9 Å². The highest BCUT2D eigenvalue weighted by atomic mass is 15.1. The van der Waals surface area contributed by atoms with Crippen molar-refractivity contribution in [3.05, 3.63) is 36.0 Å². The fraction of sp³-hybridized carbons (Fsp3) is 0.429. The maximum atomic E-state index is 8.07. The highest BCUT2D eigenvalue weighted by Crippen LogP contribution is 2.32. The molecule has 0 radical (unpaired) electrons. The molecule has 3 rings (SSSR count). The standard InChI is InChI=1S/C14H18N2/c1-16-8-6-11(7-9-16)13-10-15-14-5-3-2-4-12(13)14/h2-5,10-11,15H,6-9H2,1H3/i8D2,9D2. The van der Waals surface area contributed by atoms with Crippen LogP contribution in [0, 0.1) is 0 Å². The van der Waals surface area contributed by atoms with Crippen LogP contribution in [0.2, 0.25) is 0 Å². The zero-order chi connectivity index (χ0) is 14.5. The van der Waals surface area contributed by atoms with Crippen LogP contribution in [0.4, 0.5) is 0 Å². The number of hydrogen-bond acceptors (Lipinski definition) is 1. The third-order valence-corrected chi connectivity index (χ3v) is 3.21. The number of para-hydroxylation sites is 1. The number of H-pyrrole nitrogens is 1. The number of aromatic nitrogens is 1. The maximum absolute atomic E-state index is 8.07. The van der Waals surface area contributed by atoms with Crippen molar-refractivity contribution in [2.24, 2.45) is 0 Å². The summed E-state index contributed by atoms with van der Waals surface area (Å²) < 4.78 is 32.3. The molecule has 2 heterocycles. The number of benzene rings is 1. The van der Waals surface area contributed by atoms with Crippen molar-refractivity contribution in [2.75, 3.05) is 20.0 Å². The smallest absolute Gasteiger partial charge is 0.0456 e. The predicted octanol–water partition coefficient (Wildman–Crippen LogP) is 2.98. The monoisotopic (exact) mass is 218 g/mol. The van der Waals surface area contributed by atoms with Gasteiger partial charge in [0.25, 0.3) is 0 Å². The molecule has 84 valence electrons. The Labute approximate surface area is 102 Å². The summed E-state index contributed by atoms with van der Waals surface area (Å²) >= 11 is 0. The lowest BCUT2D eigenvalue weighted by atomic mass is 9.89. The number of hydrogen-bond donors (Lipinski definition) is 1. The fourth-order valence-electron chi connectivity index (χ4n) is 2.27. The average molecular weight is 218 g/mol. The van der Waals surface area contributed by atoms with Gasteiger partial charge in [-0.2, -0.15) is 0 Å². The highest BCUT2D eigenvalue weighted by Gasteiger charge is 2.20. The molecule has 0 bridgehead atoms. The number of nitrogens with one attached hydrogen (secondary N) is 1. The summed E-state index contributed by atoms with van der Waals surface area (Å²) in [5.74, 6) is -0.118. The van der Waals surface area contributed by atoms with Crippen LogP contribution in [0.5, 0.6) is 0 Å². The summed E-state index contributed by atoms with van der Waals surface area (Å²) in [6.45, 7) is -3.27. The van der Waals surface area contributed by atoms with Crippen molar-refractivity contribution in [3.63, 3.8) is 0 Å². The minimum absolute atomic E-state index is 0.118. The molecule has 2 nitrogen and oxygen atoms in total. The van der Waals surface area contributed by atoms with Gasteiger partial charge >= 0.3 is 0 Å². The first-order valence-electron chi connectivity index (χ1n) is 7.61. The van der Waals surface area contributed by atoms with Crippen LogP contribution >= 0.6 is 0 Å². The third-order valence-electron chi connectivity index (χ3n) is 3.21. The number of rotatable bonds is 1. The van der Waals surface area contributed by atoms with E-state index in [9.17, 15) is 0 Å². The first-order valence-corrected chi connectivity index (χ1v) is 5.61.